The van der Waals surface area contributed by atoms with Gasteiger partial charge >= 0.3 is 0 Å². The van der Waals surface area contributed by atoms with E-state index in [2.05, 4.69) is 5.32 Å². The Morgan fingerprint density at radius 3 is 2.45 bits per heavy atom. The van der Waals surface area contributed by atoms with Crippen molar-refractivity contribution in [3.8, 4) is 11.8 Å². The normalized spacial score (nSPS) is 12.3. The predicted octanol–water partition coefficient (Wildman–Crippen LogP) is 5.02. The zero-order valence-electron chi connectivity index (χ0n) is 16.6. The van der Waals surface area contributed by atoms with Crippen LogP contribution in [0.4, 0.5) is 4.39 Å². The largest absolute Gasteiger partial charge is 0.345 e. The topological polar surface area (TPSA) is 57.8 Å². The van der Waals surface area contributed by atoms with Gasteiger partial charge in [0.05, 0.1) is 11.7 Å². The number of aromatic nitrogens is 1. The van der Waals surface area contributed by atoms with Gasteiger partial charge in [-0.3, -0.25) is 4.79 Å². The molecule has 1 amide bonds. The Morgan fingerprint density at radius 2 is 1.79 bits per heavy atom. The zero-order chi connectivity index (χ0) is 21.0. The van der Waals surface area contributed by atoms with Crippen molar-refractivity contribution in [1.82, 2.24) is 9.88 Å². The molecule has 1 aromatic heterocycles. The summed E-state index contributed by atoms with van der Waals surface area (Å²) in [6, 6.07) is 19.6. The van der Waals surface area contributed by atoms with E-state index >= 15 is 0 Å². The molecule has 3 aromatic rings. The summed E-state index contributed by atoms with van der Waals surface area (Å²) in [5.74, 6) is -0.778. The lowest BCUT2D eigenvalue weighted by atomic mass is 10.1. The molecule has 5 heteroatoms. The zero-order valence-corrected chi connectivity index (χ0v) is 16.6. The van der Waals surface area contributed by atoms with Gasteiger partial charge in [0.1, 0.15) is 17.5 Å². The van der Waals surface area contributed by atoms with Gasteiger partial charge in [0.25, 0.3) is 5.91 Å². The number of hydrogen-bond donors (Lipinski definition) is 1. The molecule has 1 atom stereocenters. The monoisotopic (exact) mass is 387 g/mol. The molecule has 0 saturated carbocycles. The lowest BCUT2D eigenvalue weighted by Gasteiger charge is -2.14. The molecule has 2 aromatic carbocycles. The van der Waals surface area contributed by atoms with E-state index in [4.69, 9.17) is 0 Å². The molecule has 0 fully saturated rings. The first-order valence-electron chi connectivity index (χ1n) is 9.33. The Balaban J connectivity index is 1.90. The van der Waals surface area contributed by atoms with Crippen LogP contribution in [0.5, 0.6) is 0 Å². The highest BCUT2D eigenvalue weighted by Gasteiger charge is 2.17. The molecule has 0 aliphatic heterocycles. The van der Waals surface area contributed by atoms with Crippen LogP contribution in [0.1, 0.15) is 35.5 Å². The molecule has 0 unspecified atom stereocenters. The summed E-state index contributed by atoms with van der Waals surface area (Å²) in [4.78, 5) is 12.6. The van der Waals surface area contributed by atoms with E-state index in [-0.39, 0.29) is 17.4 Å². The van der Waals surface area contributed by atoms with E-state index in [0.29, 0.717) is 11.3 Å². The molecular weight excluding hydrogens is 365 g/mol. The smallest absolute Gasteiger partial charge is 0.262 e. The Bertz CT molecular complexity index is 1110. The van der Waals surface area contributed by atoms with Crippen molar-refractivity contribution < 1.29 is 9.18 Å². The fraction of sp³-hybridized carbons (Fsp3) is 0.167. The quantitative estimate of drug-likeness (QED) is 0.494. The van der Waals surface area contributed by atoms with Crippen molar-refractivity contribution in [2.24, 2.45) is 0 Å². The van der Waals surface area contributed by atoms with Gasteiger partial charge in [-0.05, 0) is 56.2 Å². The van der Waals surface area contributed by atoms with Gasteiger partial charge in [0.2, 0.25) is 0 Å². The third-order valence-corrected chi connectivity index (χ3v) is 4.88. The van der Waals surface area contributed by atoms with Gasteiger partial charge in [0, 0.05) is 11.4 Å². The highest BCUT2D eigenvalue weighted by Crippen LogP contribution is 2.24. The molecule has 0 radical (unpaired) electrons. The summed E-state index contributed by atoms with van der Waals surface area (Å²) >= 11 is 0. The molecule has 3 rings (SSSR count). The molecule has 0 saturated heterocycles. The summed E-state index contributed by atoms with van der Waals surface area (Å²) in [6.07, 6.45) is 1.55. The Hall–Kier alpha value is -3.65. The van der Waals surface area contributed by atoms with Crippen LogP contribution in [0, 0.1) is 31.0 Å². The van der Waals surface area contributed by atoms with E-state index in [1.54, 1.807) is 28.8 Å². The molecule has 1 heterocycles. The van der Waals surface area contributed by atoms with E-state index < -0.39 is 5.91 Å². The maximum atomic E-state index is 14.3. The second kappa shape index (κ2) is 8.57. The number of aryl methyl sites for hydroxylation is 1. The fourth-order valence-electron chi connectivity index (χ4n) is 3.34. The summed E-state index contributed by atoms with van der Waals surface area (Å²) in [7, 11) is 0. The molecule has 0 aliphatic carbocycles. The van der Waals surface area contributed by atoms with Crippen LogP contribution in [0.25, 0.3) is 11.8 Å². The van der Waals surface area contributed by atoms with Crippen LogP contribution in [0.15, 0.2) is 66.2 Å². The fourth-order valence-corrected chi connectivity index (χ4v) is 3.34. The van der Waals surface area contributed by atoms with E-state index in [1.807, 2.05) is 63.2 Å². The lowest BCUT2D eigenvalue weighted by Crippen LogP contribution is -2.27. The van der Waals surface area contributed by atoms with Crippen molar-refractivity contribution in [3.05, 3.63) is 94.6 Å². The standard InChI is InChI=1S/C24H22FN3O/c1-16-13-20(18(3)28(16)23-12-8-7-11-22(23)25)14-21(15-26)24(29)27-17(2)19-9-5-4-6-10-19/h4-14,17H,1-3H3,(H,27,29)/b21-14-/t17-/m1/s1. The molecule has 0 bridgehead atoms. The van der Waals surface area contributed by atoms with E-state index in [9.17, 15) is 14.4 Å². The number of nitriles is 1. The lowest BCUT2D eigenvalue weighted by molar-refractivity contribution is -0.117. The van der Waals surface area contributed by atoms with Crippen molar-refractivity contribution in [1.29, 1.82) is 5.26 Å². The summed E-state index contributed by atoms with van der Waals surface area (Å²) in [5.41, 5.74) is 3.66. The van der Waals surface area contributed by atoms with Crippen molar-refractivity contribution in [2.45, 2.75) is 26.8 Å². The molecule has 0 aliphatic rings. The summed E-state index contributed by atoms with van der Waals surface area (Å²) in [5, 5.41) is 12.4. The van der Waals surface area contributed by atoms with Gasteiger partial charge in [-0.2, -0.15) is 5.26 Å². The maximum Gasteiger partial charge on any atom is 0.262 e. The van der Waals surface area contributed by atoms with Crippen molar-refractivity contribution in [2.75, 3.05) is 0 Å². The average Bonchev–Trinajstić information content (AvgIpc) is 3.00. The Labute approximate surface area is 169 Å². The SMILES string of the molecule is Cc1cc(/C=C(/C#N)C(=O)N[C@H](C)c2ccccc2)c(C)n1-c1ccccc1F. The second-order valence-electron chi connectivity index (χ2n) is 6.89. The number of carbonyl (C=O) groups excluding carboxylic acids is 1. The second-order valence-corrected chi connectivity index (χ2v) is 6.89. The van der Waals surface area contributed by atoms with E-state index in [1.165, 1.54) is 6.07 Å². The number of amides is 1. The van der Waals surface area contributed by atoms with Crippen LogP contribution < -0.4 is 5.32 Å². The Morgan fingerprint density at radius 1 is 1.14 bits per heavy atom. The van der Waals surface area contributed by atoms with Gasteiger partial charge < -0.3 is 9.88 Å². The minimum atomic E-state index is -0.445. The highest BCUT2D eigenvalue weighted by atomic mass is 19.1. The average molecular weight is 387 g/mol. The molecule has 146 valence electrons. The Kier molecular flexibility index (Phi) is 5.94. The van der Waals surface area contributed by atoms with Gasteiger partial charge in [0.15, 0.2) is 0 Å². The van der Waals surface area contributed by atoms with Crippen LogP contribution in [-0.4, -0.2) is 10.5 Å². The minimum absolute atomic E-state index is 0.00145. The maximum absolute atomic E-state index is 14.3. The molecule has 0 spiro atoms. The van der Waals surface area contributed by atoms with Crippen LogP contribution in [0.3, 0.4) is 0 Å². The van der Waals surface area contributed by atoms with Crippen LogP contribution in [0.2, 0.25) is 0 Å². The van der Waals surface area contributed by atoms with Crippen LogP contribution in [-0.2, 0) is 4.79 Å². The summed E-state index contributed by atoms with van der Waals surface area (Å²) < 4.78 is 16.0. The number of rotatable bonds is 5. The number of nitrogens with zero attached hydrogens (tertiary/aromatic N) is 2. The summed E-state index contributed by atoms with van der Waals surface area (Å²) in [6.45, 7) is 5.57. The van der Waals surface area contributed by atoms with Crippen molar-refractivity contribution >= 4 is 12.0 Å². The first kappa shape index (κ1) is 20.1. The molecule has 29 heavy (non-hydrogen) atoms. The van der Waals surface area contributed by atoms with E-state index in [0.717, 1.165) is 17.0 Å². The number of para-hydroxylation sites is 1. The van der Waals surface area contributed by atoms with Gasteiger partial charge in [-0.15, -0.1) is 0 Å². The molecule has 1 N–H and O–H groups in total. The minimum Gasteiger partial charge on any atom is -0.345 e. The number of halogens is 1. The molecular formula is C24H22FN3O. The first-order chi connectivity index (χ1) is 13.9. The number of nitrogens with one attached hydrogen (secondary N) is 1. The number of benzene rings is 2. The van der Waals surface area contributed by atoms with Crippen molar-refractivity contribution in [3.63, 3.8) is 0 Å². The van der Waals surface area contributed by atoms with Gasteiger partial charge in [-0.1, -0.05) is 42.5 Å². The number of hydrogen-bond acceptors (Lipinski definition) is 2. The van der Waals surface area contributed by atoms with Gasteiger partial charge in [-0.25, -0.2) is 4.39 Å². The van der Waals surface area contributed by atoms with Crippen LogP contribution >= 0.6 is 0 Å². The first-order valence-corrected chi connectivity index (χ1v) is 9.33. The predicted molar refractivity (Wildman–Crippen MR) is 112 cm³/mol. The molecule has 4 nitrogen and oxygen atoms in total. The third kappa shape index (κ3) is 4.27. The number of carbonyl (C=O) groups is 1. The highest BCUT2D eigenvalue weighted by molar-refractivity contribution is 6.02. The third-order valence-electron chi connectivity index (χ3n) is 4.88.